The summed E-state index contributed by atoms with van der Waals surface area (Å²) in [5, 5.41) is 13.6. The number of anilines is 1. The summed E-state index contributed by atoms with van der Waals surface area (Å²) in [6.45, 7) is 3.89. The van der Waals surface area contributed by atoms with Gasteiger partial charge in [0.1, 0.15) is 0 Å². The monoisotopic (exact) mass is 248 g/mol. The quantitative estimate of drug-likeness (QED) is 0.657. The summed E-state index contributed by atoms with van der Waals surface area (Å²) in [4.78, 5) is 22.2. The van der Waals surface area contributed by atoms with Crippen molar-refractivity contribution in [1.29, 1.82) is 0 Å². The number of aryl methyl sites for hydroxylation is 1. The molecule has 0 heterocycles. The molecule has 5 heteroatoms. The molecule has 1 amide bonds. The second-order valence-electron chi connectivity index (χ2n) is 4.76. The minimum atomic E-state index is -0.408. The van der Waals surface area contributed by atoms with Crippen LogP contribution in [0, 0.1) is 22.0 Å². The molecule has 1 saturated carbocycles. The van der Waals surface area contributed by atoms with Gasteiger partial charge in [-0.2, -0.15) is 0 Å². The molecule has 5 nitrogen and oxygen atoms in total. The van der Waals surface area contributed by atoms with Crippen LogP contribution in [-0.4, -0.2) is 10.8 Å². The number of nitrogens with zero attached hydrogens (tertiary/aromatic N) is 1. The van der Waals surface area contributed by atoms with Gasteiger partial charge < -0.3 is 5.32 Å². The van der Waals surface area contributed by atoms with Gasteiger partial charge in [0.25, 0.3) is 5.69 Å². The predicted octanol–water partition coefficient (Wildman–Crippen LogP) is 2.75. The van der Waals surface area contributed by atoms with Crippen molar-refractivity contribution < 1.29 is 9.72 Å². The van der Waals surface area contributed by atoms with Crippen molar-refractivity contribution in [2.24, 2.45) is 11.8 Å². The number of nitrogens with one attached hydrogen (secondary N) is 1. The Morgan fingerprint density at radius 3 is 2.72 bits per heavy atom. The minimum absolute atomic E-state index is 0.0407. The molecule has 0 spiro atoms. The van der Waals surface area contributed by atoms with E-state index < -0.39 is 4.92 Å². The van der Waals surface area contributed by atoms with E-state index in [4.69, 9.17) is 0 Å². The lowest BCUT2D eigenvalue weighted by Crippen LogP contribution is -2.14. The molecule has 0 bridgehead atoms. The fraction of sp³-hybridized carbons (Fsp3) is 0.462. The molecule has 1 aromatic carbocycles. The van der Waals surface area contributed by atoms with Crippen LogP contribution in [0.25, 0.3) is 0 Å². The molecule has 96 valence electrons. The van der Waals surface area contributed by atoms with Crippen LogP contribution in [0.3, 0.4) is 0 Å². The molecule has 0 unspecified atom stereocenters. The maximum atomic E-state index is 11.7. The van der Waals surface area contributed by atoms with Crippen molar-refractivity contribution in [3.05, 3.63) is 33.9 Å². The standard InChI is InChI=1S/C13H16N2O3/c1-3-9-4-5-10(7-12(9)15(17)18)14-13(16)11-6-8(11)2/h4-5,7-8,11H,3,6H2,1-2H3,(H,14,16)/t8-,11+/m1/s1. The van der Waals surface area contributed by atoms with Gasteiger partial charge in [0.2, 0.25) is 5.91 Å². The van der Waals surface area contributed by atoms with Crippen molar-refractivity contribution in [1.82, 2.24) is 0 Å². The van der Waals surface area contributed by atoms with Gasteiger partial charge >= 0.3 is 0 Å². The Bertz CT molecular complexity index is 499. The number of carbonyl (C=O) groups is 1. The topological polar surface area (TPSA) is 72.2 Å². The van der Waals surface area contributed by atoms with Crippen LogP contribution in [0.5, 0.6) is 0 Å². The van der Waals surface area contributed by atoms with Crippen molar-refractivity contribution in [3.63, 3.8) is 0 Å². The molecular formula is C13H16N2O3. The van der Waals surface area contributed by atoms with Crippen LogP contribution in [-0.2, 0) is 11.2 Å². The Morgan fingerprint density at radius 2 is 2.22 bits per heavy atom. The summed E-state index contributed by atoms with van der Waals surface area (Å²) in [5.74, 6) is 0.450. The van der Waals surface area contributed by atoms with E-state index in [1.54, 1.807) is 12.1 Å². The van der Waals surface area contributed by atoms with Gasteiger partial charge in [-0.3, -0.25) is 14.9 Å². The van der Waals surface area contributed by atoms with E-state index in [2.05, 4.69) is 5.32 Å². The Balaban J connectivity index is 2.16. The molecule has 2 rings (SSSR count). The van der Waals surface area contributed by atoms with Crippen LogP contribution >= 0.6 is 0 Å². The number of benzene rings is 1. The maximum absolute atomic E-state index is 11.7. The Hall–Kier alpha value is -1.91. The summed E-state index contributed by atoms with van der Waals surface area (Å²) in [7, 11) is 0. The minimum Gasteiger partial charge on any atom is -0.326 e. The lowest BCUT2D eigenvalue weighted by atomic mass is 10.1. The maximum Gasteiger partial charge on any atom is 0.274 e. The lowest BCUT2D eigenvalue weighted by molar-refractivity contribution is -0.385. The highest BCUT2D eigenvalue weighted by Gasteiger charge is 2.39. The third kappa shape index (κ3) is 2.50. The zero-order chi connectivity index (χ0) is 13.3. The molecule has 2 atom stereocenters. The molecule has 1 aliphatic carbocycles. The molecule has 0 radical (unpaired) electrons. The molecular weight excluding hydrogens is 232 g/mol. The summed E-state index contributed by atoms with van der Waals surface area (Å²) >= 11 is 0. The van der Waals surface area contributed by atoms with Crippen LogP contribution in [0.1, 0.15) is 25.8 Å². The predicted molar refractivity (Wildman–Crippen MR) is 68.4 cm³/mol. The normalized spacial score (nSPS) is 21.4. The van der Waals surface area contributed by atoms with Crippen LogP contribution in [0.15, 0.2) is 18.2 Å². The van der Waals surface area contributed by atoms with Gasteiger partial charge in [0, 0.05) is 23.2 Å². The molecule has 0 saturated heterocycles. The fourth-order valence-electron chi connectivity index (χ4n) is 2.03. The van der Waals surface area contributed by atoms with Crippen LogP contribution < -0.4 is 5.32 Å². The van der Waals surface area contributed by atoms with Gasteiger partial charge in [-0.1, -0.05) is 19.9 Å². The third-order valence-electron chi connectivity index (χ3n) is 3.38. The lowest BCUT2D eigenvalue weighted by Gasteiger charge is -2.06. The largest absolute Gasteiger partial charge is 0.326 e. The number of rotatable bonds is 4. The summed E-state index contributed by atoms with van der Waals surface area (Å²) < 4.78 is 0. The highest BCUT2D eigenvalue weighted by molar-refractivity contribution is 5.94. The van der Waals surface area contributed by atoms with Crippen LogP contribution in [0.2, 0.25) is 0 Å². The van der Waals surface area contributed by atoms with E-state index in [0.29, 0.717) is 23.6 Å². The molecule has 1 fully saturated rings. The second-order valence-corrected chi connectivity index (χ2v) is 4.76. The van der Waals surface area contributed by atoms with E-state index in [0.717, 1.165) is 6.42 Å². The van der Waals surface area contributed by atoms with Gasteiger partial charge in [-0.25, -0.2) is 0 Å². The third-order valence-corrected chi connectivity index (χ3v) is 3.38. The SMILES string of the molecule is CCc1ccc(NC(=O)[C@H]2C[C@H]2C)cc1[N+](=O)[O-]. The number of amides is 1. The number of nitro benzene ring substituents is 1. The second kappa shape index (κ2) is 4.76. The molecule has 18 heavy (non-hydrogen) atoms. The average Bonchev–Trinajstić information content (AvgIpc) is 3.06. The first-order chi connectivity index (χ1) is 8.52. The number of hydrogen-bond donors (Lipinski definition) is 1. The number of nitro groups is 1. The molecule has 1 N–H and O–H groups in total. The van der Waals surface area contributed by atoms with E-state index in [1.807, 2.05) is 13.8 Å². The van der Waals surface area contributed by atoms with Gasteiger partial charge in [-0.05, 0) is 24.8 Å². The van der Waals surface area contributed by atoms with Gasteiger partial charge in [-0.15, -0.1) is 0 Å². The summed E-state index contributed by atoms with van der Waals surface area (Å²) in [6, 6.07) is 4.85. The first kappa shape index (κ1) is 12.5. The van der Waals surface area contributed by atoms with E-state index in [-0.39, 0.29) is 17.5 Å². The Kier molecular flexibility index (Phi) is 3.32. The molecule has 0 aromatic heterocycles. The molecule has 0 aliphatic heterocycles. The van der Waals surface area contributed by atoms with Crippen molar-refractivity contribution in [3.8, 4) is 0 Å². The average molecular weight is 248 g/mol. The zero-order valence-corrected chi connectivity index (χ0v) is 10.5. The Labute approximate surface area is 105 Å². The first-order valence-electron chi connectivity index (χ1n) is 6.11. The number of hydrogen-bond acceptors (Lipinski definition) is 3. The fourth-order valence-corrected chi connectivity index (χ4v) is 2.03. The van der Waals surface area contributed by atoms with Crippen molar-refractivity contribution in [2.45, 2.75) is 26.7 Å². The van der Waals surface area contributed by atoms with E-state index in [1.165, 1.54) is 6.07 Å². The van der Waals surface area contributed by atoms with Gasteiger partial charge in [0.15, 0.2) is 0 Å². The molecule has 1 aliphatic rings. The summed E-state index contributed by atoms with van der Waals surface area (Å²) in [6.07, 6.45) is 1.51. The number of carbonyl (C=O) groups excluding carboxylic acids is 1. The summed E-state index contributed by atoms with van der Waals surface area (Å²) in [5.41, 5.74) is 1.25. The van der Waals surface area contributed by atoms with Gasteiger partial charge in [0.05, 0.1) is 4.92 Å². The first-order valence-corrected chi connectivity index (χ1v) is 6.11. The molecule has 1 aromatic rings. The van der Waals surface area contributed by atoms with E-state index in [9.17, 15) is 14.9 Å². The highest BCUT2D eigenvalue weighted by Crippen LogP contribution is 2.38. The van der Waals surface area contributed by atoms with Crippen molar-refractivity contribution in [2.75, 3.05) is 5.32 Å². The highest BCUT2D eigenvalue weighted by atomic mass is 16.6. The Morgan fingerprint density at radius 1 is 1.56 bits per heavy atom. The zero-order valence-electron chi connectivity index (χ0n) is 10.5. The van der Waals surface area contributed by atoms with Crippen molar-refractivity contribution >= 4 is 17.3 Å². The van der Waals surface area contributed by atoms with E-state index >= 15 is 0 Å². The smallest absolute Gasteiger partial charge is 0.274 e. The van der Waals surface area contributed by atoms with Crippen LogP contribution in [0.4, 0.5) is 11.4 Å².